The summed E-state index contributed by atoms with van der Waals surface area (Å²) < 4.78 is 1.28. The average molecular weight is 196 g/mol. The second-order valence-electron chi connectivity index (χ2n) is 3.28. The molecule has 0 aliphatic carbocycles. The van der Waals surface area contributed by atoms with Crippen LogP contribution in [0.25, 0.3) is 0 Å². The minimum Gasteiger partial charge on any atom is -0.314 e. The number of nitrogens with zero attached hydrogens (tertiary/aromatic N) is 1. The quantitative estimate of drug-likeness (QED) is 0.777. The van der Waals surface area contributed by atoms with E-state index in [1.54, 1.807) is 0 Å². The third kappa shape index (κ3) is 2.13. The smallest absolute Gasteiger partial charge is 0.314 e. The number of hydrogen-bond donors (Lipinski definition) is 1. The van der Waals surface area contributed by atoms with E-state index in [0.29, 0.717) is 18.5 Å². The van der Waals surface area contributed by atoms with Crippen LogP contribution >= 0.6 is 0 Å². The van der Waals surface area contributed by atoms with Gasteiger partial charge in [0.2, 0.25) is 0 Å². The van der Waals surface area contributed by atoms with E-state index >= 15 is 0 Å². The Kier molecular flexibility index (Phi) is 3.68. The lowest BCUT2D eigenvalue weighted by Gasteiger charge is -2.04. The largest absolute Gasteiger partial charge is 0.328 e. The summed E-state index contributed by atoms with van der Waals surface area (Å²) in [6.45, 7) is 4.45. The van der Waals surface area contributed by atoms with Gasteiger partial charge in [-0.15, -0.1) is 0 Å². The lowest BCUT2D eigenvalue weighted by atomic mass is 10.2. The number of aromatic nitrogens is 2. The molecule has 0 bridgehead atoms. The van der Waals surface area contributed by atoms with Crippen LogP contribution in [0.3, 0.4) is 0 Å². The van der Waals surface area contributed by atoms with Crippen molar-refractivity contribution in [2.45, 2.75) is 39.7 Å². The summed E-state index contributed by atoms with van der Waals surface area (Å²) in [6.07, 6.45) is 3.99. The summed E-state index contributed by atoms with van der Waals surface area (Å²) in [7, 11) is 0. The highest BCUT2D eigenvalue weighted by molar-refractivity contribution is 5.03. The molecule has 0 saturated carbocycles. The van der Waals surface area contributed by atoms with E-state index < -0.39 is 0 Å². The molecule has 78 valence electrons. The molecule has 4 heteroatoms. The molecule has 4 nitrogen and oxygen atoms in total. The first-order valence-corrected chi connectivity index (χ1v) is 5.02. The Balaban J connectivity index is 3.13. The molecule has 1 N–H and O–H groups in total. The predicted octanol–water partition coefficient (Wildman–Crippen LogP) is 0.899. The normalized spacial score (nSPS) is 10.4. The Bertz CT molecular complexity index is 403. The lowest BCUT2D eigenvalue weighted by Crippen LogP contribution is -2.36. The van der Waals surface area contributed by atoms with Crippen molar-refractivity contribution < 1.29 is 0 Å². The Labute approximate surface area is 82.6 Å². The molecule has 0 unspecified atom stereocenters. The van der Waals surface area contributed by atoms with E-state index in [0.717, 1.165) is 12.8 Å². The molecule has 1 aromatic heterocycles. The zero-order chi connectivity index (χ0) is 10.6. The molecule has 0 aromatic carbocycles. The molecule has 0 atom stereocenters. The third-order valence-electron chi connectivity index (χ3n) is 2.25. The second-order valence-corrected chi connectivity index (χ2v) is 3.28. The zero-order valence-electron chi connectivity index (χ0n) is 8.67. The SMILES string of the molecule is CCCCn1c(=O)[nH]cc(CC)c1=O. The molecule has 0 aliphatic rings. The molecule has 0 spiro atoms. The number of aromatic amines is 1. The van der Waals surface area contributed by atoms with Crippen LogP contribution in [0.2, 0.25) is 0 Å². The van der Waals surface area contributed by atoms with Gasteiger partial charge in [0.1, 0.15) is 0 Å². The van der Waals surface area contributed by atoms with Gasteiger partial charge in [-0.25, -0.2) is 4.79 Å². The first kappa shape index (κ1) is 10.8. The van der Waals surface area contributed by atoms with Gasteiger partial charge in [0, 0.05) is 18.3 Å². The van der Waals surface area contributed by atoms with Crippen LogP contribution in [0.5, 0.6) is 0 Å². The molecule has 0 fully saturated rings. The van der Waals surface area contributed by atoms with Gasteiger partial charge in [0.15, 0.2) is 0 Å². The summed E-state index contributed by atoms with van der Waals surface area (Å²) in [4.78, 5) is 25.6. The second kappa shape index (κ2) is 4.79. The van der Waals surface area contributed by atoms with Crippen molar-refractivity contribution in [2.75, 3.05) is 0 Å². The number of hydrogen-bond acceptors (Lipinski definition) is 2. The van der Waals surface area contributed by atoms with Gasteiger partial charge in [-0.2, -0.15) is 0 Å². The van der Waals surface area contributed by atoms with E-state index in [1.807, 2.05) is 13.8 Å². The lowest BCUT2D eigenvalue weighted by molar-refractivity contribution is 0.577. The maximum Gasteiger partial charge on any atom is 0.328 e. The van der Waals surface area contributed by atoms with Crippen molar-refractivity contribution in [3.63, 3.8) is 0 Å². The molecule has 1 heterocycles. The van der Waals surface area contributed by atoms with Gasteiger partial charge in [-0.05, 0) is 12.8 Å². The monoisotopic (exact) mass is 196 g/mol. The van der Waals surface area contributed by atoms with E-state index in [1.165, 1.54) is 10.8 Å². The van der Waals surface area contributed by atoms with Crippen LogP contribution in [-0.4, -0.2) is 9.55 Å². The van der Waals surface area contributed by atoms with E-state index in [9.17, 15) is 9.59 Å². The summed E-state index contributed by atoms with van der Waals surface area (Å²) in [5, 5.41) is 0. The van der Waals surface area contributed by atoms with Crippen LogP contribution in [0.15, 0.2) is 15.8 Å². The zero-order valence-corrected chi connectivity index (χ0v) is 8.67. The molecule has 14 heavy (non-hydrogen) atoms. The summed E-state index contributed by atoms with van der Waals surface area (Å²) >= 11 is 0. The maximum absolute atomic E-state index is 11.7. The average Bonchev–Trinajstić information content (AvgIpc) is 2.18. The van der Waals surface area contributed by atoms with E-state index in [-0.39, 0.29) is 11.2 Å². The molecular formula is C10H16N2O2. The van der Waals surface area contributed by atoms with Gasteiger partial charge in [-0.1, -0.05) is 20.3 Å². The molecule has 0 amide bonds. The molecule has 0 radical (unpaired) electrons. The standard InChI is InChI=1S/C10H16N2O2/c1-3-5-6-12-9(13)8(4-2)7-11-10(12)14/h7H,3-6H2,1-2H3,(H,11,14). The number of unbranched alkanes of at least 4 members (excludes halogenated alkanes) is 1. The van der Waals surface area contributed by atoms with Crippen molar-refractivity contribution in [1.29, 1.82) is 0 Å². The van der Waals surface area contributed by atoms with Gasteiger partial charge < -0.3 is 4.98 Å². The van der Waals surface area contributed by atoms with Crippen LogP contribution in [0, 0.1) is 0 Å². The van der Waals surface area contributed by atoms with Crippen LogP contribution in [-0.2, 0) is 13.0 Å². The fraction of sp³-hybridized carbons (Fsp3) is 0.600. The predicted molar refractivity (Wildman–Crippen MR) is 55.6 cm³/mol. The van der Waals surface area contributed by atoms with Crippen LogP contribution < -0.4 is 11.2 Å². The number of aryl methyl sites for hydroxylation is 1. The molecule has 0 aliphatic heterocycles. The summed E-state index contributed by atoms with van der Waals surface area (Å²) in [5.74, 6) is 0. The molecule has 1 rings (SSSR count). The van der Waals surface area contributed by atoms with Gasteiger partial charge in [-0.3, -0.25) is 9.36 Å². The van der Waals surface area contributed by atoms with Crippen LogP contribution in [0.1, 0.15) is 32.3 Å². The minimum atomic E-state index is -0.305. The van der Waals surface area contributed by atoms with Gasteiger partial charge in [0.25, 0.3) is 5.56 Å². The number of H-pyrrole nitrogens is 1. The fourth-order valence-corrected chi connectivity index (χ4v) is 1.33. The fourth-order valence-electron chi connectivity index (χ4n) is 1.33. The summed E-state index contributed by atoms with van der Waals surface area (Å²) in [6, 6.07) is 0. The first-order chi connectivity index (χ1) is 6.70. The van der Waals surface area contributed by atoms with Crippen molar-refractivity contribution >= 4 is 0 Å². The first-order valence-electron chi connectivity index (χ1n) is 5.02. The topological polar surface area (TPSA) is 54.9 Å². The van der Waals surface area contributed by atoms with Crippen molar-refractivity contribution in [3.8, 4) is 0 Å². The molecule has 1 aromatic rings. The summed E-state index contributed by atoms with van der Waals surface area (Å²) in [5.41, 5.74) is 0.214. The number of rotatable bonds is 4. The Hall–Kier alpha value is -1.32. The third-order valence-corrected chi connectivity index (χ3v) is 2.25. The number of nitrogens with one attached hydrogen (secondary N) is 1. The van der Waals surface area contributed by atoms with Crippen LogP contribution in [0.4, 0.5) is 0 Å². The Morgan fingerprint density at radius 2 is 2.07 bits per heavy atom. The van der Waals surface area contributed by atoms with Gasteiger partial charge in [0.05, 0.1) is 0 Å². The van der Waals surface area contributed by atoms with Gasteiger partial charge >= 0.3 is 5.69 Å². The van der Waals surface area contributed by atoms with Crippen molar-refractivity contribution in [3.05, 3.63) is 32.6 Å². The van der Waals surface area contributed by atoms with E-state index in [2.05, 4.69) is 4.98 Å². The van der Waals surface area contributed by atoms with Crippen molar-refractivity contribution in [2.24, 2.45) is 0 Å². The highest BCUT2D eigenvalue weighted by Crippen LogP contribution is 1.90. The Morgan fingerprint density at radius 1 is 1.36 bits per heavy atom. The maximum atomic E-state index is 11.7. The van der Waals surface area contributed by atoms with E-state index in [4.69, 9.17) is 0 Å². The highest BCUT2D eigenvalue weighted by Gasteiger charge is 2.04. The highest BCUT2D eigenvalue weighted by atomic mass is 16.2. The molecule has 0 saturated heterocycles. The Morgan fingerprint density at radius 3 is 2.64 bits per heavy atom. The molecular weight excluding hydrogens is 180 g/mol. The minimum absolute atomic E-state index is 0.148. The van der Waals surface area contributed by atoms with Crippen molar-refractivity contribution in [1.82, 2.24) is 9.55 Å².